The smallest absolute Gasteiger partial charge is 0.125 e. The minimum Gasteiger partial charge on any atom is -0.393 e. The molecule has 0 saturated heterocycles. The van der Waals surface area contributed by atoms with E-state index < -0.39 is 0 Å². The quantitative estimate of drug-likeness (QED) is 0.770. The second kappa shape index (κ2) is 5.28. The fourth-order valence-electron chi connectivity index (χ4n) is 1.88. The summed E-state index contributed by atoms with van der Waals surface area (Å²) in [4.78, 5) is 4.29. The van der Waals surface area contributed by atoms with Crippen molar-refractivity contribution in [3.8, 4) is 0 Å². The number of imidazole rings is 1. The van der Waals surface area contributed by atoms with Crippen molar-refractivity contribution >= 4 is 0 Å². The molecule has 2 N–H and O–H groups in total. The van der Waals surface area contributed by atoms with Crippen molar-refractivity contribution in [3.05, 3.63) is 18.2 Å². The summed E-state index contributed by atoms with van der Waals surface area (Å²) in [5.74, 6) is 1.02. The Balaban J connectivity index is 2.49. The van der Waals surface area contributed by atoms with Crippen LogP contribution in [0.2, 0.25) is 0 Å². The van der Waals surface area contributed by atoms with Crippen LogP contribution in [0, 0.1) is 0 Å². The van der Waals surface area contributed by atoms with Crippen molar-refractivity contribution in [1.82, 2.24) is 14.9 Å². The maximum absolute atomic E-state index is 9.26. The molecule has 1 aromatic heterocycles. The minimum atomic E-state index is -0.263. The predicted molar refractivity (Wildman–Crippen MR) is 60.5 cm³/mol. The zero-order valence-electron chi connectivity index (χ0n) is 9.94. The fraction of sp³-hybridized carbons (Fsp3) is 0.727. The molecule has 0 fully saturated rings. The highest BCUT2D eigenvalue weighted by Crippen LogP contribution is 2.10. The van der Waals surface area contributed by atoms with Gasteiger partial charge in [0.25, 0.3) is 0 Å². The van der Waals surface area contributed by atoms with Gasteiger partial charge in [0, 0.05) is 25.5 Å². The number of hydrogen-bond acceptors (Lipinski definition) is 3. The van der Waals surface area contributed by atoms with E-state index in [9.17, 15) is 5.11 Å². The van der Waals surface area contributed by atoms with Crippen LogP contribution < -0.4 is 5.32 Å². The Morgan fingerprint density at radius 1 is 1.47 bits per heavy atom. The molecule has 0 bridgehead atoms. The third-order valence-corrected chi connectivity index (χ3v) is 2.47. The van der Waals surface area contributed by atoms with Crippen molar-refractivity contribution in [2.24, 2.45) is 7.05 Å². The van der Waals surface area contributed by atoms with Crippen molar-refractivity contribution in [2.75, 3.05) is 0 Å². The van der Waals surface area contributed by atoms with Crippen LogP contribution in [0.4, 0.5) is 0 Å². The van der Waals surface area contributed by atoms with E-state index in [2.05, 4.69) is 24.1 Å². The summed E-state index contributed by atoms with van der Waals surface area (Å²) in [5, 5.41) is 12.7. The van der Waals surface area contributed by atoms with Gasteiger partial charge in [-0.05, 0) is 27.2 Å². The highest BCUT2D eigenvalue weighted by atomic mass is 16.3. The molecule has 1 rings (SSSR count). The highest BCUT2D eigenvalue weighted by Gasteiger charge is 2.13. The summed E-state index contributed by atoms with van der Waals surface area (Å²) in [7, 11) is 1.99. The lowest BCUT2D eigenvalue weighted by molar-refractivity contribution is 0.168. The van der Waals surface area contributed by atoms with Gasteiger partial charge in [0.15, 0.2) is 0 Å². The van der Waals surface area contributed by atoms with E-state index in [0.717, 1.165) is 12.2 Å². The largest absolute Gasteiger partial charge is 0.393 e. The average molecular weight is 211 g/mol. The molecule has 0 amide bonds. The van der Waals surface area contributed by atoms with Crippen molar-refractivity contribution in [2.45, 2.75) is 45.4 Å². The van der Waals surface area contributed by atoms with Crippen LogP contribution in [-0.2, 0) is 7.05 Å². The molecule has 0 aliphatic rings. The Hall–Kier alpha value is -0.870. The Morgan fingerprint density at radius 3 is 2.60 bits per heavy atom. The molecule has 0 saturated carbocycles. The van der Waals surface area contributed by atoms with Gasteiger partial charge in [-0.25, -0.2) is 4.98 Å². The van der Waals surface area contributed by atoms with Gasteiger partial charge in [-0.3, -0.25) is 0 Å². The zero-order valence-corrected chi connectivity index (χ0v) is 9.94. The molecule has 3 unspecified atom stereocenters. The Labute approximate surface area is 91.3 Å². The van der Waals surface area contributed by atoms with Crippen LogP contribution in [-0.4, -0.2) is 26.8 Å². The molecule has 1 heterocycles. The zero-order chi connectivity index (χ0) is 11.4. The summed E-state index contributed by atoms with van der Waals surface area (Å²) in [6, 6.07) is 0.496. The molecule has 0 aromatic carbocycles. The molecular formula is C11H21N3O. The molecule has 4 nitrogen and oxygen atoms in total. The Bertz CT molecular complexity index is 296. The number of aliphatic hydroxyl groups excluding tert-OH is 1. The Morgan fingerprint density at radius 2 is 2.13 bits per heavy atom. The highest BCUT2D eigenvalue weighted by molar-refractivity contribution is 4.97. The molecule has 4 heteroatoms. The first-order valence-electron chi connectivity index (χ1n) is 5.42. The number of hydrogen-bond donors (Lipinski definition) is 2. The number of rotatable bonds is 5. The number of aryl methyl sites for hydroxylation is 1. The second-order valence-electron chi connectivity index (χ2n) is 4.27. The third-order valence-electron chi connectivity index (χ3n) is 2.47. The second-order valence-corrected chi connectivity index (χ2v) is 4.27. The fourth-order valence-corrected chi connectivity index (χ4v) is 1.88. The SMILES string of the molecule is CC(O)CC(C)NC(C)c1nccn1C. The van der Waals surface area contributed by atoms with Crippen LogP contribution in [0.25, 0.3) is 0 Å². The van der Waals surface area contributed by atoms with Crippen LogP contribution >= 0.6 is 0 Å². The molecule has 0 aliphatic heterocycles. The molecule has 1 aromatic rings. The van der Waals surface area contributed by atoms with Gasteiger partial charge < -0.3 is 15.0 Å². The number of aliphatic hydroxyl groups is 1. The monoisotopic (exact) mass is 211 g/mol. The van der Waals surface area contributed by atoms with Crippen LogP contribution in [0.3, 0.4) is 0 Å². The van der Waals surface area contributed by atoms with Gasteiger partial charge in [0.1, 0.15) is 5.82 Å². The first-order chi connectivity index (χ1) is 7.00. The summed E-state index contributed by atoms with van der Waals surface area (Å²) in [6.07, 6.45) is 4.23. The van der Waals surface area contributed by atoms with Crippen molar-refractivity contribution in [3.63, 3.8) is 0 Å². The van der Waals surface area contributed by atoms with Gasteiger partial charge in [-0.1, -0.05) is 0 Å². The van der Waals surface area contributed by atoms with Gasteiger partial charge in [-0.15, -0.1) is 0 Å². The number of aromatic nitrogens is 2. The Kier molecular flexibility index (Phi) is 4.29. The summed E-state index contributed by atoms with van der Waals surface area (Å²) < 4.78 is 2.01. The molecule has 3 atom stereocenters. The average Bonchev–Trinajstić information content (AvgIpc) is 2.49. The lowest BCUT2D eigenvalue weighted by Gasteiger charge is -2.20. The molecule has 0 aliphatic carbocycles. The van der Waals surface area contributed by atoms with Crippen LogP contribution in [0.15, 0.2) is 12.4 Å². The van der Waals surface area contributed by atoms with Crippen molar-refractivity contribution < 1.29 is 5.11 Å². The topological polar surface area (TPSA) is 50.1 Å². The van der Waals surface area contributed by atoms with E-state index in [1.165, 1.54) is 0 Å². The third kappa shape index (κ3) is 3.64. The van der Waals surface area contributed by atoms with Gasteiger partial charge in [0.05, 0.1) is 12.1 Å². The first-order valence-corrected chi connectivity index (χ1v) is 5.42. The maximum atomic E-state index is 9.26. The predicted octanol–water partition coefficient (Wildman–Crippen LogP) is 1.23. The minimum absolute atomic E-state index is 0.207. The molecule has 0 radical (unpaired) electrons. The van der Waals surface area contributed by atoms with Crippen LogP contribution in [0.1, 0.15) is 39.1 Å². The normalized spacial score (nSPS) is 17.4. The number of nitrogens with zero attached hydrogens (tertiary/aromatic N) is 2. The standard InChI is InChI=1S/C11H21N3O/c1-8(7-9(2)15)13-10(3)11-12-5-6-14(11)4/h5-6,8-10,13,15H,7H2,1-4H3. The summed E-state index contributed by atoms with van der Waals surface area (Å²) in [5.41, 5.74) is 0. The summed E-state index contributed by atoms with van der Waals surface area (Å²) >= 11 is 0. The first kappa shape index (κ1) is 12.2. The van der Waals surface area contributed by atoms with Gasteiger partial charge in [0.2, 0.25) is 0 Å². The van der Waals surface area contributed by atoms with Gasteiger partial charge in [-0.2, -0.15) is 0 Å². The van der Waals surface area contributed by atoms with E-state index >= 15 is 0 Å². The van der Waals surface area contributed by atoms with E-state index in [0.29, 0.717) is 0 Å². The van der Waals surface area contributed by atoms with E-state index in [1.807, 2.05) is 24.7 Å². The van der Waals surface area contributed by atoms with Gasteiger partial charge >= 0.3 is 0 Å². The number of nitrogens with one attached hydrogen (secondary N) is 1. The summed E-state index contributed by atoms with van der Waals surface area (Å²) in [6.45, 7) is 5.97. The van der Waals surface area contributed by atoms with E-state index in [4.69, 9.17) is 0 Å². The lowest BCUT2D eigenvalue weighted by Crippen LogP contribution is -2.32. The van der Waals surface area contributed by atoms with Crippen molar-refractivity contribution in [1.29, 1.82) is 0 Å². The molecule has 0 spiro atoms. The molecule has 86 valence electrons. The lowest BCUT2D eigenvalue weighted by atomic mass is 10.1. The molecular weight excluding hydrogens is 190 g/mol. The molecule has 15 heavy (non-hydrogen) atoms. The van der Waals surface area contributed by atoms with Crippen LogP contribution in [0.5, 0.6) is 0 Å². The van der Waals surface area contributed by atoms with E-state index in [-0.39, 0.29) is 18.2 Å². The maximum Gasteiger partial charge on any atom is 0.125 e. The van der Waals surface area contributed by atoms with E-state index in [1.54, 1.807) is 6.20 Å².